The van der Waals surface area contributed by atoms with Gasteiger partial charge in [0.25, 0.3) is 0 Å². The van der Waals surface area contributed by atoms with Gasteiger partial charge >= 0.3 is 5.97 Å². The standard InChI is InChI=1S/C24H30N2O5/c1-15-7-6-8-16(2)24(15)25-22(27)14-26-10-9-17-11-20(29-3)21(30-4)12-18(17)19(26)13-23(28)31-5/h6-8,11-12,19H,9-10,13-14H2,1-5H3,(H,25,27)/t19-/m1/s1. The molecular formula is C24H30N2O5. The molecule has 1 aliphatic rings. The zero-order valence-corrected chi connectivity index (χ0v) is 18.8. The maximum absolute atomic E-state index is 12.9. The highest BCUT2D eigenvalue weighted by molar-refractivity contribution is 5.93. The molecule has 1 heterocycles. The Hall–Kier alpha value is -3.06. The molecular weight excluding hydrogens is 396 g/mol. The van der Waals surface area contributed by atoms with E-state index < -0.39 is 0 Å². The van der Waals surface area contributed by atoms with Crippen molar-refractivity contribution in [3.8, 4) is 11.5 Å². The summed E-state index contributed by atoms with van der Waals surface area (Å²) in [6.45, 7) is 4.76. The topological polar surface area (TPSA) is 77.1 Å². The molecule has 0 radical (unpaired) electrons. The number of para-hydroxylation sites is 1. The first-order valence-electron chi connectivity index (χ1n) is 10.3. The van der Waals surface area contributed by atoms with Crippen LogP contribution in [0.2, 0.25) is 0 Å². The number of carbonyl (C=O) groups excluding carboxylic acids is 2. The van der Waals surface area contributed by atoms with Crippen molar-refractivity contribution in [1.82, 2.24) is 4.90 Å². The normalized spacial score (nSPS) is 15.7. The van der Waals surface area contributed by atoms with Crippen LogP contribution in [0.15, 0.2) is 30.3 Å². The fraction of sp³-hybridized carbons (Fsp3) is 0.417. The smallest absolute Gasteiger partial charge is 0.307 e. The molecule has 1 amide bonds. The van der Waals surface area contributed by atoms with Gasteiger partial charge in [-0.2, -0.15) is 0 Å². The van der Waals surface area contributed by atoms with Crippen LogP contribution in [0.1, 0.15) is 34.7 Å². The van der Waals surface area contributed by atoms with Crippen molar-refractivity contribution in [1.29, 1.82) is 0 Å². The molecule has 0 saturated heterocycles. The highest BCUT2D eigenvalue weighted by Crippen LogP contribution is 2.39. The monoisotopic (exact) mass is 426 g/mol. The van der Waals surface area contributed by atoms with Crippen molar-refractivity contribution in [3.05, 3.63) is 52.6 Å². The maximum atomic E-state index is 12.9. The molecule has 0 saturated carbocycles. The molecule has 7 nitrogen and oxygen atoms in total. The van der Waals surface area contributed by atoms with Crippen LogP contribution in [0.5, 0.6) is 11.5 Å². The number of fused-ring (bicyclic) bond motifs is 1. The Labute approximate surface area is 183 Å². The first-order chi connectivity index (χ1) is 14.9. The second kappa shape index (κ2) is 9.83. The molecule has 166 valence electrons. The van der Waals surface area contributed by atoms with Crippen molar-refractivity contribution >= 4 is 17.6 Å². The summed E-state index contributed by atoms with van der Waals surface area (Å²) < 4.78 is 15.8. The van der Waals surface area contributed by atoms with E-state index in [1.54, 1.807) is 14.2 Å². The Kier molecular flexibility index (Phi) is 7.17. The Bertz CT molecular complexity index is 952. The van der Waals surface area contributed by atoms with Gasteiger partial charge in [-0.1, -0.05) is 18.2 Å². The zero-order valence-electron chi connectivity index (χ0n) is 18.8. The SMILES string of the molecule is COC(=O)C[C@@H]1c2cc(OC)c(OC)cc2CCN1CC(=O)Nc1c(C)cccc1C. The number of esters is 1. The number of ether oxygens (including phenoxy) is 3. The molecule has 2 aromatic rings. The van der Waals surface area contributed by atoms with Gasteiger partial charge in [-0.15, -0.1) is 0 Å². The van der Waals surface area contributed by atoms with Crippen LogP contribution in [0.4, 0.5) is 5.69 Å². The van der Waals surface area contributed by atoms with Crippen molar-refractivity contribution in [2.45, 2.75) is 32.7 Å². The van der Waals surface area contributed by atoms with Crippen molar-refractivity contribution < 1.29 is 23.8 Å². The van der Waals surface area contributed by atoms with Crippen molar-refractivity contribution in [2.75, 3.05) is 39.7 Å². The van der Waals surface area contributed by atoms with Gasteiger partial charge in [0.1, 0.15) is 0 Å². The summed E-state index contributed by atoms with van der Waals surface area (Å²) in [7, 11) is 4.56. The molecule has 0 unspecified atom stereocenters. The fourth-order valence-corrected chi connectivity index (χ4v) is 4.12. The van der Waals surface area contributed by atoms with Crippen LogP contribution in [0.25, 0.3) is 0 Å². The summed E-state index contributed by atoms with van der Waals surface area (Å²) in [5.41, 5.74) is 4.90. The molecule has 3 rings (SSSR count). The summed E-state index contributed by atoms with van der Waals surface area (Å²) in [5.74, 6) is 0.807. The minimum atomic E-state index is -0.326. The van der Waals surface area contributed by atoms with Crippen LogP contribution in [0, 0.1) is 13.8 Å². The molecule has 0 aromatic heterocycles. The largest absolute Gasteiger partial charge is 0.493 e. The molecule has 1 N–H and O–H groups in total. The lowest BCUT2D eigenvalue weighted by molar-refractivity contribution is -0.142. The number of aryl methyl sites for hydroxylation is 2. The van der Waals surface area contributed by atoms with Gasteiger partial charge in [0.15, 0.2) is 11.5 Å². The number of amides is 1. The predicted molar refractivity (Wildman–Crippen MR) is 119 cm³/mol. The van der Waals surface area contributed by atoms with E-state index in [1.807, 2.05) is 49.1 Å². The van der Waals surface area contributed by atoms with Gasteiger partial charge in [0, 0.05) is 18.3 Å². The third kappa shape index (κ3) is 4.99. The number of hydrogen-bond acceptors (Lipinski definition) is 6. The van der Waals surface area contributed by atoms with E-state index in [9.17, 15) is 9.59 Å². The van der Waals surface area contributed by atoms with Crippen LogP contribution < -0.4 is 14.8 Å². The number of benzene rings is 2. The zero-order chi connectivity index (χ0) is 22.5. The lowest BCUT2D eigenvalue weighted by atomic mass is 9.90. The van der Waals surface area contributed by atoms with E-state index in [1.165, 1.54) is 7.11 Å². The molecule has 0 spiro atoms. The highest BCUT2D eigenvalue weighted by Gasteiger charge is 2.32. The van der Waals surface area contributed by atoms with E-state index in [0.29, 0.717) is 18.0 Å². The molecule has 0 bridgehead atoms. The van der Waals surface area contributed by atoms with E-state index in [2.05, 4.69) is 5.32 Å². The Morgan fingerprint density at radius 1 is 1.06 bits per heavy atom. The number of nitrogens with one attached hydrogen (secondary N) is 1. The molecule has 31 heavy (non-hydrogen) atoms. The van der Waals surface area contributed by atoms with E-state index >= 15 is 0 Å². The van der Waals surface area contributed by atoms with Crippen LogP contribution in [0.3, 0.4) is 0 Å². The Morgan fingerprint density at radius 3 is 2.32 bits per heavy atom. The summed E-state index contributed by atoms with van der Waals surface area (Å²) in [4.78, 5) is 27.1. The molecule has 7 heteroatoms. The second-order valence-electron chi connectivity index (χ2n) is 7.74. The first-order valence-corrected chi connectivity index (χ1v) is 10.3. The van der Waals surface area contributed by atoms with Gasteiger partial charge in [0.05, 0.1) is 34.3 Å². The minimum Gasteiger partial charge on any atom is -0.493 e. The number of hydrogen-bond donors (Lipinski definition) is 1. The van der Waals surface area contributed by atoms with Crippen molar-refractivity contribution in [3.63, 3.8) is 0 Å². The number of nitrogens with zero attached hydrogens (tertiary/aromatic N) is 1. The highest BCUT2D eigenvalue weighted by atomic mass is 16.5. The summed E-state index contributed by atoms with van der Waals surface area (Å²) >= 11 is 0. The number of anilines is 1. The lowest BCUT2D eigenvalue weighted by Crippen LogP contribution is -2.41. The fourth-order valence-electron chi connectivity index (χ4n) is 4.12. The third-order valence-corrected chi connectivity index (χ3v) is 5.79. The van der Waals surface area contributed by atoms with Gasteiger partial charge in [-0.25, -0.2) is 0 Å². The predicted octanol–water partition coefficient (Wildman–Crippen LogP) is 3.42. The number of methoxy groups -OCH3 is 3. The summed E-state index contributed by atoms with van der Waals surface area (Å²) in [6, 6.07) is 9.47. The first kappa shape index (κ1) is 22.6. The average Bonchev–Trinajstić information content (AvgIpc) is 2.76. The molecule has 2 aromatic carbocycles. The maximum Gasteiger partial charge on any atom is 0.307 e. The quantitative estimate of drug-likeness (QED) is 0.684. The van der Waals surface area contributed by atoms with Crippen LogP contribution >= 0.6 is 0 Å². The molecule has 0 fully saturated rings. The second-order valence-corrected chi connectivity index (χ2v) is 7.74. The summed E-state index contributed by atoms with van der Waals surface area (Å²) in [6.07, 6.45) is 0.889. The van der Waals surface area contributed by atoms with Gasteiger partial charge in [-0.05, 0) is 54.7 Å². The molecule has 1 aliphatic heterocycles. The van der Waals surface area contributed by atoms with Gasteiger partial charge < -0.3 is 19.5 Å². The Balaban J connectivity index is 1.87. The Morgan fingerprint density at radius 2 is 1.71 bits per heavy atom. The van der Waals surface area contributed by atoms with E-state index in [4.69, 9.17) is 14.2 Å². The number of rotatable bonds is 7. The van der Waals surface area contributed by atoms with Crippen LogP contribution in [-0.4, -0.2) is 51.2 Å². The van der Waals surface area contributed by atoms with Crippen LogP contribution in [-0.2, 0) is 20.7 Å². The molecule has 1 atom stereocenters. The van der Waals surface area contributed by atoms with E-state index in [0.717, 1.165) is 34.4 Å². The molecule has 0 aliphatic carbocycles. The van der Waals surface area contributed by atoms with Crippen molar-refractivity contribution in [2.24, 2.45) is 0 Å². The summed E-state index contributed by atoms with van der Waals surface area (Å²) in [5, 5.41) is 3.04. The van der Waals surface area contributed by atoms with Gasteiger partial charge in [-0.3, -0.25) is 14.5 Å². The lowest BCUT2D eigenvalue weighted by Gasteiger charge is -2.37. The minimum absolute atomic E-state index is 0.115. The van der Waals surface area contributed by atoms with E-state index in [-0.39, 0.29) is 30.9 Å². The third-order valence-electron chi connectivity index (χ3n) is 5.79. The van der Waals surface area contributed by atoms with Gasteiger partial charge in [0.2, 0.25) is 5.91 Å². The average molecular weight is 427 g/mol. The number of carbonyl (C=O) groups is 2.